The molecule has 0 radical (unpaired) electrons. The average molecular weight is 257 g/mol. The summed E-state index contributed by atoms with van der Waals surface area (Å²) in [5, 5.41) is 22.2. The molecule has 18 heavy (non-hydrogen) atoms. The number of nitrogens with one attached hydrogen (secondary N) is 1. The van der Waals surface area contributed by atoms with E-state index in [9.17, 15) is 10.2 Å². The second-order valence-electron chi connectivity index (χ2n) is 4.72. The first kappa shape index (κ1) is 15.2. The molecule has 5 heteroatoms. The third-order valence-electron chi connectivity index (χ3n) is 2.64. The number of ether oxygens (including phenoxy) is 1. The quantitative estimate of drug-likeness (QED) is 0.609. The first-order valence-electron chi connectivity index (χ1n) is 6.26. The Balaban J connectivity index is 2.02. The zero-order chi connectivity index (χ0) is 13.4. The normalized spacial score (nSPS) is 14.9. The molecule has 1 aromatic rings. The monoisotopic (exact) mass is 257 g/mol. The van der Waals surface area contributed by atoms with Gasteiger partial charge in [0.05, 0.1) is 25.1 Å². The van der Waals surface area contributed by atoms with Crippen molar-refractivity contribution in [2.24, 2.45) is 5.92 Å². The van der Waals surface area contributed by atoms with Gasteiger partial charge in [0.2, 0.25) is 0 Å². The molecule has 0 saturated carbocycles. The van der Waals surface area contributed by atoms with Crippen molar-refractivity contribution < 1.29 is 19.4 Å². The van der Waals surface area contributed by atoms with E-state index in [1.165, 1.54) is 0 Å². The van der Waals surface area contributed by atoms with E-state index < -0.39 is 6.10 Å². The van der Waals surface area contributed by atoms with Crippen LogP contribution in [0, 0.1) is 5.92 Å². The molecule has 1 aromatic heterocycles. The van der Waals surface area contributed by atoms with Gasteiger partial charge in [-0.1, -0.05) is 13.8 Å². The van der Waals surface area contributed by atoms with Gasteiger partial charge in [-0.3, -0.25) is 0 Å². The summed E-state index contributed by atoms with van der Waals surface area (Å²) in [6, 6.07) is 3.62. The van der Waals surface area contributed by atoms with Gasteiger partial charge >= 0.3 is 0 Å². The van der Waals surface area contributed by atoms with E-state index in [0.717, 1.165) is 5.76 Å². The number of rotatable bonds is 9. The van der Waals surface area contributed by atoms with Crippen LogP contribution in [-0.4, -0.2) is 42.1 Å². The highest BCUT2D eigenvalue weighted by molar-refractivity contribution is 4.96. The Bertz CT molecular complexity index is 300. The smallest absolute Gasteiger partial charge is 0.129 e. The molecule has 0 saturated heterocycles. The molecule has 0 bridgehead atoms. The van der Waals surface area contributed by atoms with Gasteiger partial charge in [-0.15, -0.1) is 0 Å². The first-order valence-corrected chi connectivity index (χ1v) is 6.26. The summed E-state index contributed by atoms with van der Waals surface area (Å²) < 4.78 is 10.4. The van der Waals surface area contributed by atoms with E-state index in [2.05, 4.69) is 5.32 Å². The molecule has 3 N–H and O–H groups in total. The molecule has 2 atom stereocenters. The molecule has 0 aliphatic heterocycles. The molecule has 0 fully saturated rings. The highest BCUT2D eigenvalue weighted by Crippen LogP contribution is 2.02. The van der Waals surface area contributed by atoms with E-state index in [1.807, 2.05) is 19.9 Å². The van der Waals surface area contributed by atoms with Crippen molar-refractivity contribution in [2.75, 3.05) is 19.7 Å². The van der Waals surface area contributed by atoms with Crippen LogP contribution in [0.2, 0.25) is 0 Å². The molecule has 1 rings (SSSR count). The number of aliphatic hydroxyl groups is 2. The Labute approximate surface area is 108 Å². The van der Waals surface area contributed by atoms with Crippen molar-refractivity contribution in [3.63, 3.8) is 0 Å². The largest absolute Gasteiger partial charge is 0.467 e. The van der Waals surface area contributed by atoms with Crippen LogP contribution in [0.5, 0.6) is 0 Å². The van der Waals surface area contributed by atoms with Gasteiger partial charge < -0.3 is 24.7 Å². The van der Waals surface area contributed by atoms with Crippen LogP contribution in [0.1, 0.15) is 19.6 Å². The van der Waals surface area contributed by atoms with Crippen LogP contribution >= 0.6 is 0 Å². The van der Waals surface area contributed by atoms with Crippen molar-refractivity contribution in [3.8, 4) is 0 Å². The lowest BCUT2D eigenvalue weighted by Gasteiger charge is -2.17. The molecule has 2 unspecified atom stereocenters. The summed E-state index contributed by atoms with van der Waals surface area (Å²) in [6.45, 7) is 5.39. The van der Waals surface area contributed by atoms with Crippen molar-refractivity contribution >= 4 is 0 Å². The van der Waals surface area contributed by atoms with Gasteiger partial charge in [-0.2, -0.15) is 0 Å². The summed E-state index contributed by atoms with van der Waals surface area (Å²) in [5.41, 5.74) is 0. The molecular weight excluding hydrogens is 234 g/mol. The fourth-order valence-electron chi connectivity index (χ4n) is 1.38. The zero-order valence-corrected chi connectivity index (χ0v) is 11.0. The summed E-state index contributed by atoms with van der Waals surface area (Å²) in [6.07, 6.45) is 0.616. The highest BCUT2D eigenvalue weighted by atomic mass is 16.5. The minimum Gasteiger partial charge on any atom is -0.467 e. The Morgan fingerprint density at radius 3 is 2.72 bits per heavy atom. The van der Waals surface area contributed by atoms with Gasteiger partial charge in [-0.25, -0.2) is 0 Å². The second-order valence-corrected chi connectivity index (χ2v) is 4.72. The maximum absolute atomic E-state index is 9.63. The highest BCUT2D eigenvalue weighted by Gasteiger charge is 2.10. The van der Waals surface area contributed by atoms with Crippen molar-refractivity contribution in [2.45, 2.75) is 32.7 Å². The number of aliphatic hydroxyl groups excluding tert-OH is 2. The van der Waals surface area contributed by atoms with Crippen LogP contribution in [0.15, 0.2) is 22.8 Å². The molecule has 0 aromatic carbocycles. The van der Waals surface area contributed by atoms with Crippen LogP contribution in [0.3, 0.4) is 0 Å². The molecule has 0 aliphatic rings. The van der Waals surface area contributed by atoms with Gasteiger partial charge in [0.15, 0.2) is 0 Å². The number of hydrogen-bond acceptors (Lipinski definition) is 5. The van der Waals surface area contributed by atoms with Crippen molar-refractivity contribution in [1.82, 2.24) is 5.32 Å². The Kier molecular flexibility index (Phi) is 6.97. The lowest BCUT2D eigenvalue weighted by molar-refractivity contribution is 0.0205. The average Bonchev–Trinajstić information content (AvgIpc) is 2.81. The number of furan rings is 1. The second kappa shape index (κ2) is 8.26. The first-order chi connectivity index (χ1) is 8.59. The predicted octanol–water partition coefficient (Wildman–Crippen LogP) is 0.764. The van der Waals surface area contributed by atoms with Gasteiger partial charge in [0.25, 0.3) is 0 Å². The van der Waals surface area contributed by atoms with E-state index in [4.69, 9.17) is 9.15 Å². The van der Waals surface area contributed by atoms with Crippen LogP contribution in [0.4, 0.5) is 0 Å². The molecule has 0 spiro atoms. The summed E-state index contributed by atoms with van der Waals surface area (Å²) in [4.78, 5) is 0. The molecule has 0 amide bonds. The molecular formula is C13H23NO4. The van der Waals surface area contributed by atoms with Crippen LogP contribution in [-0.2, 0) is 11.3 Å². The van der Waals surface area contributed by atoms with Gasteiger partial charge in [0.1, 0.15) is 12.4 Å². The maximum Gasteiger partial charge on any atom is 0.129 e. The SMILES string of the molecule is CC(C)C(O)CNCC(O)COCc1ccco1. The minimum absolute atomic E-state index is 0.213. The minimum atomic E-state index is -0.584. The van der Waals surface area contributed by atoms with E-state index >= 15 is 0 Å². The van der Waals surface area contributed by atoms with E-state index in [0.29, 0.717) is 19.7 Å². The third kappa shape index (κ3) is 6.16. The Morgan fingerprint density at radius 1 is 1.33 bits per heavy atom. The van der Waals surface area contributed by atoms with Crippen LogP contribution < -0.4 is 5.32 Å². The fourth-order valence-corrected chi connectivity index (χ4v) is 1.38. The molecule has 0 aliphatic carbocycles. The molecule has 104 valence electrons. The van der Waals surface area contributed by atoms with Gasteiger partial charge in [0, 0.05) is 13.1 Å². The lowest BCUT2D eigenvalue weighted by Crippen LogP contribution is -2.37. The number of hydrogen-bond donors (Lipinski definition) is 3. The zero-order valence-electron chi connectivity index (χ0n) is 11.0. The summed E-state index contributed by atoms with van der Waals surface area (Å²) >= 11 is 0. The lowest BCUT2D eigenvalue weighted by atomic mass is 10.1. The van der Waals surface area contributed by atoms with Crippen molar-refractivity contribution in [1.29, 1.82) is 0 Å². The van der Waals surface area contributed by atoms with Gasteiger partial charge in [-0.05, 0) is 18.1 Å². The standard InChI is InChI=1S/C13H23NO4/c1-10(2)13(16)7-14-6-11(15)8-17-9-12-4-3-5-18-12/h3-5,10-11,13-16H,6-9H2,1-2H3. The predicted molar refractivity (Wildman–Crippen MR) is 68.1 cm³/mol. The summed E-state index contributed by atoms with van der Waals surface area (Å²) in [7, 11) is 0. The van der Waals surface area contributed by atoms with Crippen molar-refractivity contribution in [3.05, 3.63) is 24.2 Å². The fraction of sp³-hybridized carbons (Fsp3) is 0.692. The van der Waals surface area contributed by atoms with Crippen LogP contribution in [0.25, 0.3) is 0 Å². The molecule has 5 nitrogen and oxygen atoms in total. The third-order valence-corrected chi connectivity index (χ3v) is 2.64. The Morgan fingerprint density at radius 2 is 2.11 bits per heavy atom. The topological polar surface area (TPSA) is 74.9 Å². The Hall–Kier alpha value is -0.880. The molecule has 1 heterocycles. The van der Waals surface area contributed by atoms with E-state index in [-0.39, 0.29) is 18.6 Å². The van der Waals surface area contributed by atoms with E-state index in [1.54, 1.807) is 12.3 Å². The maximum atomic E-state index is 9.63. The summed E-state index contributed by atoms with van der Waals surface area (Å²) in [5.74, 6) is 0.954.